The van der Waals surface area contributed by atoms with Crippen LogP contribution >= 0.6 is 11.3 Å². The summed E-state index contributed by atoms with van der Waals surface area (Å²) in [7, 11) is 0. The first-order valence-electron chi connectivity index (χ1n) is 5.91. The lowest BCUT2D eigenvalue weighted by atomic mass is 10.1. The molecular weight excluding hydrogens is 254 g/mol. The number of pyridine rings is 1. The maximum absolute atomic E-state index is 9.21. The van der Waals surface area contributed by atoms with Gasteiger partial charge in [-0.1, -0.05) is 18.2 Å². The van der Waals surface area contributed by atoms with Gasteiger partial charge in [0.1, 0.15) is 6.07 Å². The number of aromatic nitrogens is 1. The van der Waals surface area contributed by atoms with Gasteiger partial charge in [0, 0.05) is 18.1 Å². The Morgan fingerprint density at radius 1 is 1.26 bits per heavy atom. The molecule has 0 saturated carbocycles. The number of nitriles is 1. The maximum atomic E-state index is 9.21. The van der Waals surface area contributed by atoms with E-state index < -0.39 is 0 Å². The van der Waals surface area contributed by atoms with E-state index in [1.807, 2.05) is 29.6 Å². The van der Waals surface area contributed by atoms with Crippen molar-refractivity contribution in [2.24, 2.45) is 0 Å². The van der Waals surface area contributed by atoms with Crippen LogP contribution in [0.2, 0.25) is 0 Å². The molecule has 3 rings (SSSR count). The van der Waals surface area contributed by atoms with Crippen molar-refractivity contribution >= 4 is 27.9 Å². The summed E-state index contributed by atoms with van der Waals surface area (Å²) < 4.78 is 0. The van der Waals surface area contributed by atoms with E-state index in [9.17, 15) is 5.26 Å². The molecule has 0 fully saturated rings. The minimum absolute atomic E-state index is 0.578. The number of nitrogens with one attached hydrogen (secondary N) is 1. The number of hydrogen-bond donors (Lipinski definition) is 1. The third-order valence-electron chi connectivity index (χ3n) is 2.95. The quantitative estimate of drug-likeness (QED) is 0.784. The highest BCUT2D eigenvalue weighted by atomic mass is 32.1. The average Bonchev–Trinajstić information content (AvgIpc) is 2.97. The molecule has 2 heterocycles. The van der Waals surface area contributed by atoms with Gasteiger partial charge in [0.25, 0.3) is 0 Å². The van der Waals surface area contributed by atoms with Crippen LogP contribution in [0.4, 0.5) is 5.69 Å². The number of rotatable bonds is 3. The van der Waals surface area contributed by atoms with Crippen molar-refractivity contribution < 1.29 is 0 Å². The second kappa shape index (κ2) is 5.09. The predicted octanol–water partition coefficient (Wildman–Crippen LogP) is 3.78. The lowest BCUT2D eigenvalue weighted by molar-refractivity contribution is 1.16. The molecular formula is C15H11N3S. The summed E-state index contributed by atoms with van der Waals surface area (Å²) >= 11 is 1.67. The van der Waals surface area contributed by atoms with E-state index in [4.69, 9.17) is 0 Å². The zero-order valence-corrected chi connectivity index (χ0v) is 10.9. The SMILES string of the molecule is N#Cc1cnc2ccccc2c1NCc1ccsc1. The van der Waals surface area contributed by atoms with Crippen LogP contribution in [-0.2, 0) is 6.54 Å². The molecule has 0 unspecified atom stereocenters. The summed E-state index contributed by atoms with van der Waals surface area (Å²) in [5.74, 6) is 0. The van der Waals surface area contributed by atoms with Crippen LogP contribution in [0.1, 0.15) is 11.1 Å². The first-order valence-corrected chi connectivity index (χ1v) is 6.85. The van der Waals surface area contributed by atoms with Gasteiger partial charge < -0.3 is 5.32 Å². The lowest BCUT2D eigenvalue weighted by Crippen LogP contribution is -2.02. The van der Waals surface area contributed by atoms with E-state index in [2.05, 4.69) is 27.8 Å². The van der Waals surface area contributed by atoms with Gasteiger partial charge in [-0.15, -0.1) is 0 Å². The lowest BCUT2D eigenvalue weighted by Gasteiger charge is -2.10. The minimum atomic E-state index is 0.578. The van der Waals surface area contributed by atoms with E-state index in [0.717, 1.165) is 16.6 Å². The van der Waals surface area contributed by atoms with E-state index >= 15 is 0 Å². The fourth-order valence-corrected chi connectivity index (χ4v) is 2.67. The van der Waals surface area contributed by atoms with Gasteiger partial charge in [-0.3, -0.25) is 4.98 Å². The highest BCUT2D eigenvalue weighted by Gasteiger charge is 2.08. The van der Waals surface area contributed by atoms with E-state index in [-0.39, 0.29) is 0 Å². The summed E-state index contributed by atoms with van der Waals surface area (Å²) in [6.07, 6.45) is 1.62. The van der Waals surface area contributed by atoms with Crippen LogP contribution in [0.5, 0.6) is 0 Å². The molecule has 0 radical (unpaired) electrons. The molecule has 3 aromatic rings. The van der Waals surface area contributed by atoms with Gasteiger partial charge in [0.2, 0.25) is 0 Å². The van der Waals surface area contributed by atoms with Crippen LogP contribution in [0, 0.1) is 11.3 Å². The van der Waals surface area contributed by atoms with Gasteiger partial charge in [-0.2, -0.15) is 16.6 Å². The second-order valence-electron chi connectivity index (χ2n) is 4.16. The molecule has 1 aromatic carbocycles. The Balaban J connectivity index is 2.02. The summed E-state index contributed by atoms with van der Waals surface area (Å²) in [4.78, 5) is 4.30. The Kier molecular flexibility index (Phi) is 3.13. The summed E-state index contributed by atoms with van der Waals surface area (Å²) in [6, 6.07) is 12.1. The summed E-state index contributed by atoms with van der Waals surface area (Å²) in [6.45, 7) is 0.714. The highest BCUT2D eigenvalue weighted by Crippen LogP contribution is 2.26. The van der Waals surface area contributed by atoms with Gasteiger partial charge in [0.05, 0.1) is 16.8 Å². The largest absolute Gasteiger partial charge is 0.379 e. The number of thiophene rings is 1. The standard InChI is InChI=1S/C15H11N3S/c16-7-12-9-17-14-4-2-1-3-13(14)15(12)18-8-11-5-6-19-10-11/h1-6,9-10H,8H2,(H,17,18). The molecule has 0 amide bonds. The van der Waals surface area contributed by atoms with Crippen molar-refractivity contribution in [2.75, 3.05) is 5.32 Å². The number of para-hydroxylation sites is 1. The Labute approximate surface area is 115 Å². The van der Waals surface area contributed by atoms with Crippen molar-refractivity contribution in [2.45, 2.75) is 6.54 Å². The first kappa shape index (κ1) is 11.7. The summed E-state index contributed by atoms with van der Waals surface area (Å²) in [5, 5.41) is 17.7. The minimum Gasteiger partial charge on any atom is -0.379 e. The Bertz CT molecular complexity index is 742. The van der Waals surface area contributed by atoms with E-state index in [0.29, 0.717) is 12.1 Å². The van der Waals surface area contributed by atoms with Gasteiger partial charge in [-0.25, -0.2) is 0 Å². The Hall–Kier alpha value is -2.38. The van der Waals surface area contributed by atoms with Crippen LogP contribution in [0.3, 0.4) is 0 Å². The number of fused-ring (bicyclic) bond motifs is 1. The molecule has 4 heteroatoms. The van der Waals surface area contributed by atoms with Crippen LogP contribution in [0.15, 0.2) is 47.3 Å². The molecule has 0 atom stereocenters. The molecule has 0 bridgehead atoms. The van der Waals surface area contributed by atoms with Crippen molar-refractivity contribution in [1.82, 2.24) is 4.98 Å². The fourth-order valence-electron chi connectivity index (χ4n) is 2.00. The van der Waals surface area contributed by atoms with E-state index in [1.54, 1.807) is 17.5 Å². The Morgan fingerprint density at radius 2 is 2.16 bits per heavy atom. The molecule has 0 saturated heterocycles. The highest BCUT2D eigenvalue weighted by molar-refractivity contribution is 7.07. The molecule has 0 spiro atoms. The normalized spacial score (nSPS) is 10.3. The monoisotopic (exact) mass is 265 g/mol. The zero-order valence-electron chi connectivity index (χ0n) is 10.1. The zero-order chi connectivity index (χ0) is 13.1. The molecule has 0 aliphatic rings. The molecule has 0 aliphatic heterocycles. The topological polar surface area (TPSA) is 48.7 Å². The molecule has 3 nitrogen and oxygen atoms in total. The number of benzene rings is 1. The fraction of sp³-hybridized carbons (Fsp3) is 0.0667. The molecule has 2 aromatic heterocycles. The molecule has 19 heavy (non-hydrogen) atoms. The average molecular weight is 265 g/mol. The van der Waals surface area contributed by atoms with E-state index in [1.165, 1.54) is 5.56 Å². The molecule has 0 aliphatic carbocycles. The van der Waals surface area contributed by atoms with Crippen molar-refractivity contribution in [1.29, 1.82) is 5.26 Å². The predicted molar refractivity (Wildman–Crippen MR) is 78.1 cm³/mol. The van der Waals surface area contributed by atoms with Gasteiger partial charge in [-0.05, 0) is 28.5 Å². The van der Waals surface area contributed by atoms with Crippen molar-refractivity contribution in [3.63, 3.8) is 0 Å². The van der Waals surface area contributed by atoms with Crippen molar-refractivity contribution in [3.05, 3.63) is 58.4 Å². The van der Waals surface area contributed by atoms with Crippen LogP contribution in [0.25, 0.3) is 10.9 Å². The summed E-state index contributed by atoms with van der Waals surface area (Å²) in [5.41, 5.74) is 3.55. The maximum Gasteiger partial charge on any atom is 0.103 e. The van der Waals surface area contributed by atoms with Gasteiger partial charge in [0.15, 0.2) is 0 Å². The van der Waals surface area contributed by atoms with Crippen LogP contribution in [-0.4, -0.2) is 4.98 Å². The third-order valence-corrected chi connectivity index (χ3v) is 3.68. The third kappa shape index (κ3) is 2.28. The smallest absolute Gasteiger partial charge is 0.103 e. The number of anilines is 1. The second-order valence-corrected chi connectivity index (χ2v) is 4.94. The van der Waals surface area contributed by atoms with Crippen LogP contribution < -0.4 is 5.32 Å². The first-order chi connectivity index (χ1) is 9.38. The Morgan fingerprint density at radius 3 is 2.95 bits per heavy atom. The van der Waals surface area contributed by atoms with Gasteiger partial charge >= 0.3 is 0 Å². The number of nitrogens with zero attached hydrogens (tertiary/aromatic N) is 2. The molecule has 1 N–H and O–H groups in total. The van der Waals surface area contributed by atoms with Crippen molar-refractivity contribution in [3.8, 4) is 6.07 Å². The number of hydrogen-bond acceptors (Lipinski definition) is 4. The molecule has 92 valence electrons.